The number of methoxy groups -OCH3 is 1. The molecule has 17 heavy (non-hydrogen) atoms. The quantitative estimate of drug-likeness (QED) is 0.759. The lowest BCUT2D eigenvalue weighted by molar-refractivity contribution is 0.118. The molecule has 0 atom stereocenters. The minimum absolute atomic E-state index is 0.575. The van der Waals surface area contributed by atoms with Crippen molar-refractivity contribution in [2.75, 3.05) is 32.2 Å². The minimum atomic E-state index is 0.575. The van der Waals surface area contributed by atoms with Crippen LogP contribution < -0.4 is 10.1 Å². The van der Waals surface area contributed by atoms with Crippen molar-refractivity contribution in [3.63, 3.8) is 0 Å². The maximum Gasteiger partial charge on any atom is 0.139 e. The Morgan fingerprint density at radius 3 is 2.76 bits per heavy atom. The van der Waals surface area contributed by atoms with Gasteiger partial charge in [-0.05, 0) is 18.1 Å². The van der Waals surface area contributed by atoms with Gasteiger partial charge in [-0.2, -0.15) is 0 Å². The lowest BCUT2D eigenvalue weighted by atomic mass is 10.2. The molecule has 1 rings (SSSR count). The Morgan fingerprint density at radius 2 is 2.12 bits per heavy atom. The third-order valence-corrected chi connectivity index (χ3v) is 2.49. The average molecular weight is 258 g/mol. The van der Waals surface area contributed by atoms with Gasteiger partial charge in [0.15, 0.2) is 0 Å². The molecule has 0 spiro atoms. The second kappa shape index (κ2) is 7.41. The van der Waals surface area contributed by atoms with E-state index in [1.54, 1.807) is 7.11 Å². The first-order chi connectivity index (χ1) is 8.13. The van der Waals surface area contributed by atoms with E-state index in [9.17, 15) is 0 Å². The average Bonchev–Trinajstić information content (AvgIpc) is 2.30. The van der Waals surface area contributed by atoms with Crippen LogP contribution in [0.15, 0.2) is 18.2 Å². The molecule has 0 aliphatic rings. The van der Waals surface area contributed by atoms with E-state index < -0.39 is 0 Å². The molecule has 0 bridgehead atoms. The van der Waals surface area contributed by atoms with E-state index in [-0.39, 0.29) is 0 Å². The van der Waals surface area contributed by atoms with Gasteiger partial charge in [0.25, 0.3) is 0 Å². The number of ether oxygens (including phenoxy) is 2. The number of hydrogen-bond acceptors (Lipinski definition) is 3. The summed E-state index contributed by atoms with van der Waals surface area (Å²) in [5.41, 5.74) is 0.986. The summed E-state index contributed by atoms with van der Waals surface area (Å²) in [4.78, 5) is 0. The number of rotatable bonds is 7. The summed E-state index contributed by atoms with van der Waals surface area (Å²) in [5, 5.41) is 3.88. The molecular formula is C13H20ClNO2. The van der Waals surface area contributed by atoms with Gasteiger partial charge < -0.3 is 14.8 Å². The van der Waals surface area contributed by atoms with E-state index in [1.807, 2.05) is 18.2 Å². The second-order valence-electron chi connectivity index (χ2n) is 4.24. The maximum atomic E-state index is 5.94. The van der Waals surface area contributed by atoms with E-state index >= 15 is 0 Å². The van der Waals surface area contributed by atoms with Gasteiger partial charge in [0.2, 0.25) is 0 Å². The van der Waals surface area contributed by atoms with Gasteiger partial charge in [0.05, 0.1) is 18.7 Å². The van der Waals surface area contributed by atoms with Crippen LogP contribution in [0.2, 0.25) is 5.02 Å². The molecular weight excluding hydrogens is 238 g/mol. The first kappa shape index (κ1) is 14.1. The van der Waals surface area contributed by atoms with Gasteiger partial charge in [0.1, 0.15) is 5.75 Å². The van der Waals surface area contributed by atoms with Crippen molar-refractivity contribution in [3.05, 3.63) is 23.2 Å². The zero-order valence-corrected chi connectivity index (χ0v) is 11.4. The highest BCUT2D eigenvalue weighted by Gasteiger charge is 2.01. The number of hydrogen-bond donors (Lipinski definition) is 1. The van der Waals surface area contributed by atoms with Crippen molar-refractivity contribution < 1.29 is 9.47 Å². The Bertz CT molecular complexity index is 342. The third-order valence-electron chi connectivity index (χ3n) is 2.18. The van der Waals surface area contributed by atoms with Crippen LogP contribution in [0.3, 0.4) is 0 Å². The molecule has 0 aliphatic carbocycles. The molecule has 1 N–H and O–H groups in total. The molecule has 0 heterocycles. The van der Waals surface area contributed by atoms with Gasteiger partial charge in [-0.15, -0.1) is 0 Å². The van der Waals surface area contributed by atoms with Crippen molar-refractivity contribution in [1.82, 2.24) is 0 Å². The van der Waals surface area contributed by atoms with Crippen LogP contribution >= 0.6 is 11.6 Å². The van der Waals surface area contributed by atoms with Crippen LogP contribution in [0.25, 0.3) is 0 Å². The molecule has 0 unspecified atom stereocenters. The summed E-state index contributed by atoms with van der Waals surface area (Å²) in [5.74, 6) is 1.25. The van der Waals surface area contributed by atoms with Crippen molar-refractivity contribution in [2.24, 2.45) is 5.92 Å². The summed E-state index contributed by atoms with van der Waals surface area (Å²) in [7, 11) is 1.61. The Labute approximate surface area is 108 Å². The number of benzene rings is 1. The SMILES string of the molecule is COc1cc(NCCOCC(C)C)ccc1Cl. The molecule has 3 nitrogen and oxygen atoms in total. The Kier molecular flexibility index (Phi) is 6.16. The fraction of sp³-hybridized carbons (Fsp3) is 0.538. The summed E-state index contributed by atoms with van der Waals surface area (Å²) in [6.45, 7) is 6.54. The monoisotopic (exact) mass is 257 g/mol. The predicted octanol–water partition coefficient (Wildman–Crippen LogP) is 3.43. The summed E-state index contributed by atoms with van der Waals surface area (Å²) >= 11 is 5.94. The van der Waals surface area contributed by atoms with Crippen LogP contribution in [0, 0.1) is 5.92 Å². The number of halogens is 1. The molecule has 0 amide bonds. The normalized spacial score (nSPS) is 10.6. The third kappa shape index (κ3) is 5.29. The van der Waals surface area contributed by atoms with Gasteiger partial charge in [-0.1, -0.05) is 25.4 Å². The lowest BCUT2D eigenvalue weighted by Crippen LogP contribution is -2.12. The largest absolute Gasteiger partial charge is 0.495 e. The molecule has 0 saturated carbocycles. The Balaban J connectivity index is 2.32. The predicted molar refractivity (Wildman–Crippen MR) is 72.2 cm³/mol. The molecule has 4 heteroatoms. The highest BCUT2D eigenvalue weighted by Crippen LogP contribution is 2.27. The fourth-order valence-electron chi connectivity index (χ4n) is 1.36. The highest BCUT2D eigenvalue weighted by molar-refractivity contribution is 6.32. The summed E-state index contributed by atoms with van der Waals surface area (Å²) in [6.07, 6.45) is 0. The maximum absolute atomic E-state index is 5.94. The van der Waals surface area contributed by atoms with Gasteiger partial charge in [-0.25, -0.2) is 0 Å². The van der Waals surface area contributed by atoms with Crippen LogP contribution in [-0.2, 0) is 4.74 Å². The topological polar surface area (TPSA) is 30.5 Å². The van der Waals surface area contributed by atoms with Crippen molar-refractivity contribution in [2.45, 2.75) is 13.8 Å². The molecule has 0 fully saturated rings. The molecule has 0 aromatic heterocycles. The number of anilines is 1. The summed E-state index contributed by atoms with van der Waals surface area (Å²) in [6, 6.07) is 5.62. The molecule has 0 aliphatic heterocycles. The lowest BCUT2D eigenvalue weighted by Gasteiger charge is -2.10. The fourth-order valence-corrected chi connectivity index (χ4v) is 1.55. The van der Waals surface area contributed by atoms with Crippen LogP contribution in [0.4, 0.5) is 5.69 Å². The van der Waals surface area contributed by atoms with E-state index in [4.69, 9.17) is 21.1 Å². The van der Waals surface area contributed by atoms with Crippen molar-refractivity contribution in [1.29, 1.82) is 0 Å². The van der Waals surface area contributed by atoms with Crippen LogP contribution in [0.5, 0.6) is 5.75 Å². The van der Waals surface area contributed by atoms with E-state index in [2.05, 4.69) is 19.2 Å². The van der Waals surface area contributed by atoms with Crippen molar-refractivity contribution in [3.8, 4) is 5.75 Å². The molecule has 1 aromatic rings. The van der Waals surface area contributed by atoms with Gasteiger partial charge in [0, 0.05) is 24.9 Å². The molecule has 96 valence electrons. The summed E-state index contributed by atoms with van der Waals surface area (Å²) < 4.78 is 10.6. The van der Waals surface area contributed by atoms with E-state index in [1.165, 1.54) is 0 Å². The first-order valence-electron chi connectivity index (χ1n) is 5.78. The molecule has 1 aromatic carbocycles. The van der Waals surface area contributed by atoms with E-state index in [0.717, 1.165) is 18.8 Å². The standard InChI is InChI=1S/C13H20ClNO2/c1-10(2)9-17-7-6-15-11-4-5-12(14)13(8-11)16-3/h4-5,8,10,15H,6-7,9H2,1-3H3. The van der Waals surface area contributed by atoms with Gasteiger partial charge in [-0.3, -0.25) is 0 Å². The van der Waals surface area contributed by atoms with Gasteiger partial charge >= 0.3 is 0 Å². The number of nitrogens with one attached hydrogen (secondary N) is 1. The Morgan fingerprint density at radius 1 is 1.35 bits per heavy atom. The second-order valence-corrected chi connectivity index (χ2v) is 4.65. The minimum Gasteiger partial charge on any atom is -0.495 e. The Hall–Kier alpha value is -0.930. The zero-order chi connectivity index (χ0) is 12.7. The first-order valence-corrected chi connectivity index (χ1v) is 6.16. The van der Waals surface area contributed by atoms with Crippen LogP contribution in [-0.4, -0.2) is 26.9 Å². The van der Waals surface area contributed by atoms with Crippen LogP contribution in [0.1, 0.15) is 13.8 Å². The van der Waals surface area contributed by atoms with E-state index in [0.29, 0.717) is 23.3 Å². The highest BCUT2D eigenvalue weighted by atomic mass is 35.5. The van der Waals surface area contributed by atoms with Crippen molar-refractivity contribution >= 4 is 17.3 Å². The molecule has 0 radical (unpaired) electrons. The smallest absolute Gasteiger partial charge is 0.139 e. The molecule has 0 saturated heterocycles. The zero-order valence-electron chi connectivity index (χ0n) is 10.6.